The van der Waals surface area contributed by atoms with Crippen molar-refractivity contribution in [2.75, 3.05) is 51.6 Å². The molecule has 0 saturated carbocycles. The molecule has 2 rings (SSSR count). The van der Waals surface area contributed by atoms with E-state index in [-0.39, 0.29) is 17.8 Å². The van der Waals surface area contributed by atoms with Crippen molar-refractivity contribution in [2.45, 2.75) is 39.7 Å². The van der Waals surface area contributed by atoms with Crippen molar-refractivity contribution >= 4 is 16.1 Å². The second kappa shape index (κ2) is 8.49. The molecule has 0 aromatic rings. The quantitative estimate of drug-likeness (QED) is 0.786. The van der Waals surface area contributed by atoms with E-state index in [1.165, 1.54) is 17.1 Å². The largest absolute Gasteiger partial charge is 0.334 e. The van der Waals surface area contributed by atoms with Gasteiger partial charge < -0.3 is 15.1 Å². The SMILES string of the molecule is CCS(=O)(=O)N1CCN(C(=O)NC(C)CN2CCCC(C)C2)CC1. The molecule has 140 valence electrons. The number of hydrogen-bond donors (Lipinski definition) is 1. The van der Waals surface area contributed by atoms with Crippen molar-refractivity contribution in [3.63, 3.8) is 0 Å². The molecular weight excluding hydrogens is 328 g/mol. The molecule has 0 bridgehead atoms. The van der Waals surface area contributed by atoms with Crippen LogP contribution in [-0.4, -0.2) is 86.2 Å². The lowest BCUT2D eigenvalue weighted by molar-refractivity contribution is 0.153. The monoisotopic (exact) mass is 360 g/mol. The van der Waals surface area contributed by atoms with E-state index >= 15 is 0 Å². The van der Waals surface area contributed by atoms with Gasteiger partial charge in [-0.25, -0.2) is 13.2 Å². The molecule has 2 unspecified atom stereocenters. The lowest BCUT2D eigenvalue weighted by Gasteiger charge is -2.36. The summed E-state index contributed by atoms with van der Waals surface area (Å²) < 4.78 is 25.2. The van der Waals surface area contributed by atoms with Crippen LogP contribution in [0.3, 0.4) is 0 Å². The van der Waals surface area contributed by atoms with Crippen molar-refractivity contribution in [2.24, 2.45) is 5.92 Å². The molecule has 7 nitrogen and oxygen atoms in total. The van der Waals surface area contributed by atoms with Gasteiger partial charge in [-0.2, -0.15) is 4.31 Å². The molecule has 0 radical (unpaired) electrons. The Balaban J connectivity index is 1.75. The summed E-state index contributed by atoms with van der Waals surface area (Å²) in [6.07, 6.45) is 2.53. The predicted octanol–water partition coefficient (Wildman–Crippen LogP) is 0.784. The van der Waals surface area contributed by atoms with E-state index in [0.29, 0.717) is 26.2 Å². The number of urea groups is 1. The molecule has 2 saturated heterocycles. The highest BCUT2D eigenvalue weighted by Crippen LogP contribution is 2.15. The molecular formula is C16H32N4O3S. The highest BCUT2D eigenvalue weighted by atomic mass is 32.2. The van der Waals surface area contributed by atoms with E-state index in [1.807, 2.05) is 6.92 Å². The Hall–Kier alpha value is -0.860. The average molecular weight is 361 g/mol. The number of hydrogen-bond acceptors (Lipinski definition) is 4. The molecule has 1 N–H and O–H groups in total. The normalized spacial score (nSPS) is 25.5. The number of carbonyl (C=O) groups is 1. The third kappa shape index (κ3) is 5.32. The van der Waals surface area contributed by atoms with Crippen LogP contribution in [0.4, 0.5) is 4.79 Å². The molecule has 2 amide bonds. The standard InChI is InChI=1S/C16H32N4O3S/c1-4-24(22,23)20-10-8-19(9-11-20)16(21)17-15(3)13-18-7-5-6-14(2)12-18/h14-15H,4-13H2,1-3H3,(H,17,21). The van der Waals surface area contributed by atoms with Crippen LogP contribution in [0.15, 0.2) is 0 Å². The van der Waals surface area contributed by atoms with Gasteiger partial charge in [0, 0.05) is 45.3 Å². The smallest absolute Gasteiger partial charge is 0.317 e. The summed E-state index contributed by atoms with van der Waals surface area (Å²) in [5.41, 5.74) is 0. The number of carbonyl (C=O) groups excluding carboxylic acids is 1. The first-order chi connectivity index (χ1) is 11.3. The molecule has 0 aromatic heterocycles. The molecule has 2 fully saturated rings. The first-order valence-corrected chi connectivity index (χ1v) is 10.7. The summed E-state index contributed by atoms with van der Waals surface area (Å²) >= 11 is 0. The molecule has 8 heteroatoms. The van der Waals surface area contributed by atoms with Crippen LogP contribution in [0, 0.1) is 5.92 Å². The van der Waals surface area contributed by atoms with Gasteiger partial charge >= 0.3 is 6.03 Å². The van der Waals surface area contributed by atoms with E-state index in [4.69, 9.17) is 0 Å². The van der Waals surface area contributed by atoms with Gasteiger partial charge in [-0.05, 0) is 39.2 Å². The van der Waals surface area contributed by atoms with Crippen LogP contribution >= 0.6 is 0 Å². The van der Waals surface area contributed by atoms with Crippen molar-refractivity contribution in [1.29, 1.82) is 0 Å². The maximum absolute atomic E-state index is 12.4. The van der Waals surface area contributed by atoms with Gasteiger partial charge in [0.25, 0.3) is 0 Å². The topological polar surface area (TPSA) is 73.0 Å². The van der Waals surface area contributed by atoms with Gasteiger partial charge in [-0.1, -0.05) is 6.92 Å². The summed E-state index contributed by atoms with van der Waals surface area (Å²) in [6.45, 7) is 10.7. The summed E-state index contributed by atoms with van der Waals surface area (Å²) in [7, 11) is -3.15. The highest BCUT2D eigenvalue weighted by molar-refractivity contribution is 7.89. The Morgan fingerprint density at radius 3 is 2.46 bits per heavy atom. The Bertz CT molecular complexity index is 517. The molecule has 2 aliphatic heterocycles. The van der Waals surface area contributed by atoms with Crippen molar-refractivity contribution < 1.29 is 13.2 Å². The van der Waals surface area contributed by atoms with Gasteiger partial charge in [0.1, 0.15) is 0 Å². The Labute approximate surface area is 146 Å². The van der Waals surface area contributed by atoms with E-state index in [9.17, 15) is 13.2 Å². The zero-order chi connectivity index (χ0) is 17.7. The summed E-state index contributed by atoms with van der Waals surface area (Å²) in [6, 6.07) is 0.0151. The van der Waals surface area contributed by atoms with Gasteiger partial charge in [-0.15, -0.1) is 0 Å². The number of piperazine rings is 1. The maximum Gasteiger partial charge on any atom is 0.317 e. The van der Waals surface area contributed by atoms with Crippen LogP contribution in [0.5, 0.6) is 0 Å². The predicted molar refractivity (Wildman–Crippen MR) is 95.4 cm³/mol. The Morgan fingerprint density at radius 1 is 1.21 bits per heavy atom. The second-order valence-corrected chi connectivity index (χ2v) is 9.40. The molecule has 0 aromatic carbocycles. The number of amides is 2. The number of sulfonamides is 1. The van der Waals surface area contributed by atoms with E-state index in [1.54, 1.807) is 11.8 Å². The van der Waals surface area contributed by atoms with E-state index < -0.39 is 10.0 Å². The summed E-state index contributed by atoms with van der Waals surface area (Å²) in [5, 5.41) is 3.06. The third-order valence-corrected chi connectivity index (χ3v) is 6.81. The lowest BCUT2D eigenvalue weighted by Crippen LogP contribution is -2.55. The molecule has 24 heavy (non-hydrogen) atoms. The molecule has 0 aliphatic carbocycles. The van der Waals surface area contributed by atoms with Gasteiger partial charge in [0.15, 0.2) is 0 Å². The number of nitrogens with one attached hydrogen (secondary N) is 1. The average Bonchev–Trinajstić information content (AvgIpc) is 2.54. The minimum atomic E-state index is -3.15. The molecule has 2 atom stereocenters. The second-order valence-electron chi connectivity index (χ2n) is 7.14. The van der Waals surface area contributed by atoms with E-state index in [0.717, 1.165) is 25.6 Å². The first kappa shape index (κ1) is 19.5. The number of likely N-dealkylation sites (tertiary alicyclic amines) is 1. The highest BCUT2D eigenvalue weighted by Gasteiger charge is 2.28. The molecule has 0 spiro atoms. The van der Waals surface area contributed by atoms with Crippen LogP contribution in [0.25, 0.3) is 0 Å². The molecule has 2 aliphatic rings. The van der Waals surface area contributed by atoms with Crippen LogP contribution in [-0.2, 0) is 10.0 Å². The molecule has 2 heterocycles. The zero-order valence-corrected chi connectivity index (χ0v) is 16.0. The van der Waals surface area contributed by atoms with Crippen molar-refractivity contribution in [1.82, 2.24) is 19.4 Å². The van der Waals surface area contributed by atoms with Crippen LogP contribution < -0.4 is 5.32 Å². The fourth-order valence-electron chi connectivity index (χ4n) is 3.54. The van der Waals surface area contributed by atoms with Crippen molar-refractivity contribution in [3.8, 4) is 0 Å². The minimum absolute atomic E-state index is 0.0823. The van der Waals surface area contributed by atoms with Gasteiger partial charge in [0.05, 0.1) is 5.75 Å². The fourth-order valence-corrected chi connectivity index (χ4v) is 4.62. The third-order valence-electron chi connectivity index (χ3n) is 4.93. The number of nitrogens with zero attached hydrogens (tertiary/aromatic N) is 3. The minimum Gasteiger partial charge on any atom is -0.334 e. The Kier molecular flexibility index (Phi) is 6.88. The van der Waals surface area contributed by atoms with Gasteiger partial charge in [-0.3, -0.25) is 0 Å². The lowest BCUT2D eigenvalue weighted by atomic mass is 10.00. The fraction of sp³-hybridized carbons (Fsp3) is 0.938. The number of piperidine rings is 1. The summed E-state index contributed by atoms with van der Waals surface area (Å²) in [4.78, 5) is 16.5. The van der Waals surface area contributed by atoms with Gasteiger partial charge in [0.2, 0.25) is 10.0 Å². The van der Waals surface area contributed by atoms with Crippen molar-refractivity contribution in [3.05, 3.63) is 0 Å². The first-order valence-electron chi connectivity index (χ1n) is 9.07. The zero-order valence-electron chi connectivity index (χ0n) is 15.2. The Morgan fingerprint density at radius 2 is 1.88 bits per heavy atom. The van der Waals surface area contributed by atoms with E-state index in [2.05, 4.69) is 17.1 Å². The van der Waals surface area contributed by atoms with Crippen LogP contribution in [0.1, 0.15) is 33.6 Å². The maximum atomic E-state index is 12.4. The number of rotatable bonds is 5. The summed E-state index contributed by atoms with van der Waals surface area (Å²) in [5.74, 6) is 0.847. The van der Waals surface area contributed by atoms with Crippen LogP contribution in [0.2, 0.25) is 0 Å².